The van der Waals surface area contributed by atoms with E-state index in [1.54, 1.807) is 0 Å². The molecule has 1 aliphatic rings. The number of rotatable bonds is 3. The van der Waals surface area contributed by atoms with Crippen LogP contribution in [0.3, 0.4) is 0 Å². The van der Waals surface area contributed by atoms with E-state index in [9.17, 15) is 8.42 Å². The fourth-order valence-corrected chi connectivity index (χ4v) is 4.67. The molecule has 0 unspecified atom stereocenters. The number of nitrogens with zero attached hydrogens (tertiary/aromatic N) is 2. The van der Waals surface area contributed by atoms with Gasteiger partial charge >= 0.3 is 0 Å². The van der Waals surface area contributed by atoms with E-state index in [1.807, 2.05) is 24.3 Å². The summed E-state index contributed by atoms with van der Waals surface area (Å²) in [5, 5.41) is 1.50. The minimum Gasteiger partial charge on any atom is -0.241 e. The lowest BCUT2D eigenvalue weighted by Crippen LogP contribution is -2.41. The summed E-state index contributed by atoms with van der Waals surface area (Å²) in [6.07, 6.45) is 0.622. The number of nitrogens with one attached hydrogen (secondary N) is 1. The van der Waals surface area contributed by atoms with E-state index in [0.29, 0.717) is 24.5 Å². The zero-order chi connectivity index (χ0) is 15.0. The SMILES string of the molecule is CNS(=O)(=O)N1CCc2nc(-c3ccccc3Cl)sc2C1. The lowest BCUT2D eigenvalue weighted by Gasteiger charge is -2.24. The first-order chi connectivity index (χ1) is 10.0. The lowest BCUT2D eigenvalue weighted by atomic mass is 10.2. The Kier molecular flexibility index (Phi) is 4.02. The number of hydrogen-bond donors (Lipinski definition) is 1. The fourth-order valence-electron chi connectivity index (χ4n) is 2.26. The van der Waals surface area contributed by atoms with Crippen molar-refractivity contribution in [2.24, 2.45) is 0 Å². The maximum absolute atomic E-state index is 11.9. The van der Waals surface area contributed by atoms with Gasteiger partial charge in [-0.15, -0.1) is 11.3 Å². The molecule has 1 aromatic heterocycles. The fraction of sp³-hybridized carbons (Fsp3) is 0.308. The molecule has 1 N–H and O–H groups in total. The van der Waals surface area contributed by atoms with Crippen LogP contribution >= 0.6 is 22.9 Å². The van der Waals surface area contributed by atoms with Gasteiger partial charge in [-0.1, -0.05) is 29.8 Å². The summed E-state index contributed by atoms with van der Waals surface area (Å²) in [7, 11) is -1.97. The Balaban J connectivity index is 1.94. The number of fused-ring (bicyclic) bond motifs is 1. The highest BCUT2D eigenvalue weighted by Crippen LogP contribution is 2.35. The molecule has 5 nitrogen and oxygen atoms in total. The highest BCUT2D eigenvalue weighted by molar-refractivity contribution is 7.87. The Morgan fingerprint density at radius 1 is 1.38 bits per heavy atom. The van der Waals surface area contributed by atoms with Crippen LogP contribution in [0.5, 0.6) is 0 Å². The summed E-state index contributed by atoms with van der Waals surface area (Å²) >= 11 is 7.70. The van der Waals surface area contributed by atoms with Crippen molar-refractivity contribution in [3.8, 4) is 10.6 Å². The molecule has 0 amide bonds. The lowest BCUT2D eigenvalue weighted by molar-refractivity contribution is 0.388. The van der Waals surface area contributed by atoms with Crippen molar-refractivity contribution in [1.82, 2.24) is 14.0 Å². The molecule has 0 atom stereocenters. The molecule has 0 spiro atoms. The van der Waals surface area contributed by atoms with E-state index >= 15 is 0 Å². The van der Waals surface area contributed by atoms with Gasteiger partial charge in [0.2, 0.25) is 0 Å². The van der Waals surface area contributed by atoms with Gasteiger partial charge in [-0.3, -0.25) is 0 Å². The molecule has 0 saturated heterocycles. The maximum atomic E-state index is 11.9. The topological polar surface area (TPSA) is 62.3 Å². The molecule has 2 heterocycles. The second kappa shape index (κ2) is 5.66. The Morgan fingerprint density at radius 2 is 2.14 bits per heavy atom. The van der Waals surface area contributed by atoms with Crippen molar-refractivity contribution in [3.63, 3.8) is 0 Å². The van der Waals surface area contributed by atoms with Gasteiger partial charge < -0.3 is 0 Å². The number of hydrogen-bond acceptors (Lipinski definition) is 4. The van der Waals surface area contributed by atoms with Gasteiger partial charge in [0.25, 0.3) is 10.2 Å². The third kappa shape index (κ3) is 2.84. The number of halogens is 1. The number of thiazole rings is 1. The smallest absolute Gasteiger partial charge is 0.241 e. The van der Waals surface area contributed by atoms with E-state index in [2.05, 4.69) is 9.71 Å². The quantitative estimate of drug-likeness (QED) is 0.930. The molecule has 0 saturated carbocycles. The van der Waals surface area contributed by atoms with Crippen LogP contribution in [-0.2, 0) is 23.2 Å². The minimum absolute atomic E-state index is 0.362. The second-order valence-corrected chi connectivity index (χ2v) is 8.03. The van der Waals surface area contributed by atoms with Crippen LogP contribution in [0, 0.1) is 0 Å². The molecule has 8 heteroatoms. The highest BCUT2D eigenvalue weighted by atomic mass is 35.5. The van der Waals surface area contributed by atoms with E-state index in [4.69, 9.17) is 11.6 Å². The molecule has 112 valence electrons. The normalized spacial score (nSPS) is 15.9. The molecule has 1 aromatic carbocycles. The van der Waals surface area contributed by atoms with E-state index < -0.39 is 10.2 Å². The average molecular weight is 344 g/mol. The van der Waals surface area contributed by atoms with Gasteiger partial charge in [0, 0.05) is 30.5 Å². The third-order valence-corrected chi connectivity index (χ3v) is 6.35. The summed E-state index contributed by atoms with van der Waals surface area (Å²) in [6.45, 7) is 0.808. The molecular weight excluding hydrogens is 330 g/mol. The average Bonchev–Trinajstić information content (AvgIpc) is 2.90. The van der Waals surface area contributed by atoms with Crippen molar-refractivity contribution in [3.05, 3.63) is 39.9 Å². The third-order valence-electron chi connectivity index (χ3n) is 3.40. The Bertz CT molecular complexity index is 773. The molecule has 0 fully saturated rings. The van der Waals surface area contributed by atoms with Gasteiger partial charge in [0.1, 0.15) is 5.01 Å². The second-order valence-electron chi connectivity index (χ2n) is 4.66. The molecule has 0 radical (unpaired) electrons. The van der Waals surface area contributed by atoms with Crippen molar-refractivity contribution in [2.45, 2.75) is 13.0 Å². The summed E-state index contributed by atoms with van der Waals surface area (Å²) in [5.41, 5.74) is 1.86. The molecule has 2 aromatic rings. The molecule has 1 aliphatic heterocycles. The molecule has 0 aliphatic carbocycles. The van der Waals surface area contributed by atoms with Gasteiger partial charge in [-0.2, -0.15) is 12.7 Å². The van der Waals surface area contributed by atoms with Crippen molar-refractivity contribution in [1.29, 1.82) is 0 Å². The van der Waals surface area contributed by atoms with Gasteiger partial charge in [-0.05, 0) is 6.07 Å². The van der Waals surface area contributed by atoms with Gasteiger partial charge in [-0.25, -0.2) is 9.71 Å². The van der Waals surface area contributed by atoms with Crippen LogP contribution in [0.4, 0.5) is 0 Å². The van der Waals surface area contributed by atoms with Crippen LogP contribution in [0.2, 0.25) is 5.02 Å². The summed E-state index contributed by atoms with van der Waals surface area (Å²) < 4.78 is 27.5. The van der Waals surface area contributed by atoms with E-state index in [1.165, 1.54) is 22.7 Å². The predicted octanol–water partition coefficient (Wildman–Crippen LogP) is 2.29. The first-order valence-electron chi connectivity index (χ1n) is 6.43. The van der Waals surface area contributed by atoms with Crippen LogP contribution in [0.15, 0.2) is 24.3 Å². The standard InChI is InChI=1S/C13H14ClN3O2S2/c1-15-21(18,19)17-7-6-11-12(8-17)20-13(16-11)9-4-2-3-5-10(9)14/h2-5,15H,6-8H2,1H3. The van der Waals surface area contributed by atoms with Crippen LogP contribution in [-0.4, -0.2) is 31.3 Å². The van der Waals surface area contributed by atoms with Crippen molar-refractivity contribution >= 4 is 33.1 Å². The highest BCUT2D eigenvalue weighted by Gasteiger charge is 2.28. The van der Waals surface area contributed by atoms with Gasteiger partial charge in [0.05, 0.1) is 17.3 Å². The first kappa shape index (κ1) is 14.9. The van der Waals surface area contributed by atoms with E-state index in [0.717, 1.165) is 21.1 Å². The zero-order valence-corrected chi connectivity index (χ0v) is 13.7. The minimum atomic E-state index is -3.39. The summed E-state index contributed by atoms with van der Waals surface area (Å²) in [4.78, 5) is 5.60. The zero-order valence-electron chi connectivity index (χ0n) is 11.3. The maximum Gasteiger partial charge on any atom is 0.279 e. The number of aromatic nitrogens is 1. The molecule has 0 bridgehead atoms. The number of benzene rings is 1. The molecule has 21 heavy (non-hydrogen) atoms. The Morgan fingerprint density at radius 3 is 2.86 bits per heavy atom. The van der Waals surface area contributed by atoms with Gasteiger partial charge in [0.15, 0.2) is 0 Å². The summed E-state index contributed by atoms with van der Waals surface area (Å²) in [5.74, 6) is 0. The largest absolute Gasteiger partial charge is 0.279 e. The first-order valence-corrected chi connectivity index (χ1v) is 9.07. The van der Waals surface area contributed by atoms with Crippen molar-refractivity contribution in [2.75, 3.05) is 13.6 Å². The molecule has 3 rings (SSSR count). The monoisotopic (exact) mass is 343 g/mol. The Hall–Kier alpha value is -0.990. The Labute approximate surface area is 132 Å². The van der Waals surface area contributed by atoms with Crippen molar-refractivity contribution < 1.29 is 8.42 Å². The van der Waals surface area contributed by atoms with Crippen LogP contribution in [0.1, 0.15) is 10.6 Å². The van der Waals surface area contributed by atoms with Crippen LogP contribution in [0.25, 0.3) is 10.6 Å². The molecular formula is C13H14ClN3O2S2. The van der Waals surface area contributed by atoms with Crippen LogP contribution < -0.4 is 4.72 Å². The van der Waals surface area contributed by atoms with E-state index in [-0.39, 0.29) is 0 Å². The summed E-state index contributed by atoms with van der Waals surface area (Å²) in [6, 6.07) is 7.55. The predicted molar refractivity (Wildman–Crippen MR) is 84.7 cm³/mol.